The van der Waals surface area contributed by atoms with E-state index in [0.717, 1.165) is 34.6 Å². The molecule has 0 bridgehead atoms. The highest BCUT2D eigenvalue weighted by atomic mass is 79.9. The summed E-state index contributed by atoms with van der Waals surface area (Å²) in [6.07, 6.45) is 1.60. The largest absolute Gasteiger partial charge is 0.487 e. The number of carbonyl (C=O) groups is 1. The summed E-state index contributed by atoms with van der Waals surface area (Å²) in [5, 5.41) is 6.46. The normalized spacial score (nSPS) is 11.4. The van der Waals surface area contributed by atoms with Crippen molar-refractivity contribution in [3.05, 3.63) is 98.9 Å². The van der Waals surface area contributed by atoms with Crippen LogP contribution in [0.3, 0.4) is 0 Å². The van der Waals surface area contributed by atoms with Crippen LogP contribution in [-0.4, -0.2) is 22.9 Å². The van der Waals surface area contributed by atoms with Crippen LogP contribution in [0, 0.1) is 0 Å². The fourth-order valence-electron chi connectivity index (χ4n) is 3.61. The standard InChI is InChI=1S/C27H19Br2N3O2S2/c28-21-12-17(14-30-32-25(33)16-35-27-31-23-10-3-4-11-24(23)36-27)13-22(29)26(21)34-15-19-8-5-7-18-6-1-2-9-20(18)19/h1-14H,15-16H2,(H,32,33)/b30-14-. The molecule has 0 aliphatic heterocycles. The first kappa shape index (κ1) is 25.0. The van der Waals surface area contributed by atoms with Crippen molar-refractivity contribution < 1.29 is 9.53 Å². The Morgan fingerprint density at radius 1 is 1.03 bits per heavy atom. The number of carbonyl (C=O) groups excluding carboxylic acids is 1. The molecule has 180 valence electrons. The van der Waals surface area contributed by atoms with Gasteiger partial charge in [0.25, 0.3) is 5.91 Å². The molecule has 5 rings (SSSR count). The lowest BCUT2D eigenvalue weighted by Crippen LogP contribution is -2.19. The number of amides is 1. The van der Waals surface area contributed by atoms with E-state index in [4.69, 9.17) is 4.74 Å². The van der Waals surface area contributed by atoms with E-state index in [2.05, 4.69) is 71.6 Å². The van der Waals surface area contributed by atoms with Crippen molar-refractivity contribution in [1.82, 2.24) is 10.4 Å². The smallest absolute Gasteiger partial charge is 0.250 e. The lowest BCUT2D eigenvalue weighted by molar-refractivity contribution is -0.118. The number of rotatable bonds is 8. The Kier molecular flexibility index (Phi) is 8.01. The average Bonchev–Trinajstić information content (AvgIpc) is 3.30. The summed E-state index contributed by atoms with van der Waals surface area (Å²) in [6.45, 7) is 0.439. The fourth-order valence-corrected chi connectivity index (χ4v) is 6.92. The van der Waals surface area contributed by atoms with Crippen molar-refractivity contribution in [3.8, 4) is 5.75 Å². The van der Waals surface area contributed by atoms with Crippen LogP contribution >= 0.6 is 55.0 Å². The highest BCUT2D eigenvalue weighted by Gasteiger charge is 2.11. The van der Waals surface area contributed by atoms with E-state index in [1.165, 1.54) is 22.5 Å². The van der Waals surface area contributed by atoms with Gasteiger partial charge in [0.1, 0.15) is 12.4 Å². The minimum atomic E-state index is -0.191. The number of hydrogen-bond donors (Lipinski definition) is 1. The average molecular weight is 641 g/mol. The number of nitrogens with zero attached hydrogens (tertiary/aromatic N) is 2. The molecule has 1 amide bonds. The van der Waals surface area contributed by atoms with Crippen LogP contribution in [0.25, 0.3) is 21.0 Å². The van der Waals surface area contributed by atoms with Crippen LogP contribution in [0.5, 0.6) is 5.75 Å². The summed E-state index contributed by atoms with van der Waals surface area (Å²) in [5.74, 6) is 0.755. The molecule has 1 N–H and O–H groups in total. The topological polar surface area (TPSA) is 63.6 Å². The number of ether oxygens (including phenoxy) is 1. The number of nitrogens with one attached hydrogen (secondary N) is 1. The Labute approximate surface area is 233 Å². The minimum Gasteiger partial charge on any atom is -0.487 e. The molecule has 0 radical (unpaired) electrons. The Hall–Kier alpha value is -2.72. The molecule has 4 aromatic carbocycles. The molecule has 5 nitrogen and oxygen atoms in total. The molecule has 0 atom stereocenters. The number of hydrogen-bond acceptors (Lipinski definition) is 6. The monoisotopic (exact) mass is 639 g/mol. The van der Waals surface area contributed by atoms with Crippen LogP contribution in [0.1, 0.15) is 11.1 Å². The van der Waals surface area contributed by atoms with Gasteiger partial charge in [0.2, 0.25) is 0 Å². The highest BCUT2D eigenvalue weighted by molar-refractivity contribution is 9.11. The second-order valence-electron chi connectivity index (χ2n) is 7.77. The molecule has 0 aliphatic carbocycles. The molecule has 0 aliphatic rings. The number of aromatic nitrogens is 1. The predicted molar refractivity (Wildman–Crippen MR) is 156 cm³/mol. The van der Waals surface area contributed by atoms with E-state index < -0.39 is 0 Å². The van der Waals surface area contributed by atoms with Crippen LogP contribution in [0.2, 0.25) is 0 Å². The summed E-state index contributed by atoms with van der Waals surface area (Å²) in [5.41, 5.74) is 5.45. The van der Waals surface area contributed by atoms with E-state index in [1.807, 2.05) is 54.6 Å². The second-order valence-corrected chi connectivity index (χ2v) is 11.7. The molecule has 5 aromatic rings. The summed E-state index contributed by atoms with van der Waals surface area (Å²) >= 11 is 10.2. The van der Waals surface area contributed by atoms with Gasteiger partial charge in [-0.15, -0.1) is 11.3 Å². The van der Waals surface area contributed by atoms with Gasteiger partial charge in [0.15, 0.2) is 4.34 Å². The lowest BCUT2D eigenvalue weighted by Gasteiger charge is -2.13. The van der Waals surface area contributed by atoms with Crippen molar-refractivity contribution in [3.63, 3.8) is 0 Å². The molecule has 1 heterocycles. The van der Waals surface area contributed by atoms with Crippen molar-refractivity contribution in [1.29, 1.82) is 0 Å². The third-order valence-electron chi connectivity index (χ3n) is 5.28. The number of para-hydroxylation sites is 1. The highest BCUT2D eigenvalue weighted by Crippen LogP contribution is 2.35. The van der Waals surface area contributed by atoms with Gasteiger partial charge in [-0.3, -0.25) is 4.79 Å². The van der Waals surface area contributed by atoms with Gasteiger partial charge in [-0.25, -0.2) is 10.4 Å². The van der Waals surface area contributed by atoms with E-state index in [1.54, 1.807) is 17.6 Å². The van der Waals surface area contributed by atoms with Crippen molar-refractivity contribution in [2.24, 2.45) is 5.10 Å². The first-order valence-electron chi connectivity index (χ1n) is 11.0. The molecule has 0 saturated heterocycles. The number of thiazole rings is 1. The molecule has 0 saturated carbocycles. The van der Waals surface area contributed by atoms with E-state index in [0.29, 0.717) is 12.4 Å². The maximum absolute atomic E-state index is 12.2. The van der Waals surface area contributed by atoms with E-state index >= 15 is 0 Å². The van der Waals surface area contributed by atoms with Gasteiger partial charge in [-0.2, -0.15) is 5.10 Å². The molecule has 1 aromatic heterocycles. The third kappa shape index (κ3) is 5.98. The Morgan fingerprint density at radius 2 is 1.78 bits per heavy atom. The lowest BCUT2D eigenvalue weighted by atomic mass is 10.1. The molecule has 9 heteroatoms. The SMILES string of the molecule is O=C(CSc1nc2ccccc2s1)N/N=C\c1cc(Br)c(OCc2cccc3ccccc23)c(Br)c1. The Morgan fingerprint density at radius 3 is 2.61 bits per heavy atom. The molecule has 0 spiro atoms. The van der Waals surface area contributed by atoms with Crippen LogP contribution < -0.4 is 10.2 Å². The van der Waals surface area contributed by atoms with Gasteiger partial charge in [-0.1, -0.05) is 66.4 Å². The zero-order valence-corrected chi connectivity index (χ0v) is 23.6. The summed E-state index contributed by atoms with van der Waals surface area (Å²) in [7, 11) is 0. The van der Waals surface area contributed by atoms with Crippen LogP contribution in [0.4, 0.5) is 0 Å². The van der Waals surface area contributed by atoms with Crippen molar-refractivity contribution in [2.45, 2.75) is 10.9 Å². The van der Waals surface area contributed by atoms with E-state index in [-0.39, 0.29) is 11.7 Å². The molecular formula is C27H19Br2N3O2S2. The fraction of sp³-hybridized carbons (Fsp3) is 0.0741. The molecule has 0 unspecified atom stereocenters. The van der Waals surface area contributed by atoms with Crippen LogP contribution in [0.15, 0.2) is 97.2 Å². The number of fused-ring (bicyclic) bond motifs is 2. The first-order valence-corrected chi connectivity index (χ1v) is 14.3. The minimum absolute atomic E-state index is 0.191. The van der Waals surface area contributed by atoms with Crippen molar-refractivity contribution in [2.75, 3.05) is 5.75 Å². The molecule has 36 heavy (non-hydrogen) atoms. The van der Waals surface area contributed by atoms with Gasteiger partial charge in [-0.05, 0) is 78.0 Å². The first-order chi connectivity index (χ1) is 17.6. The quantitative estimate of drug-likeness (QED) is 0.107. The van der Waals surface area contributed by atoms with Gasteiger partial charge in [0.05, 0.1) is 31.1 Å². The Bertz CT molecular complexity index is 1520. The second kappa shape index (κ2) is 11.6. The zero-order valence-electron chi connectivity index (χ0n) is 18.8. The summed E-state index contributed by atoms with van der Waals surface area (Å²) < 4.78 is 9.69. The van der Waals surface area contributed by atoms with Gasteiger partial charge < -0.3 is 4.74 Å². The number of halogens is 2. The number of benzene rings is 4. The van der Waals surface area contributed by atoms with Crippen LogP contribution in [-0.2, 0) is 11.4 Å². The third-order valence-corrected chi connectivity index (χ3v) is 8.63. The summed E-state index contributed by atoms with van der Waals surface area (Å²) in [4.78, 5) is 16.7. The van der Waals surface area contributed by atoms with Crippen molar-refractivity contribution >= 4 is 88.1 Å². The maximum atomic E-state index is 12.2. The Balaban J connectivity index is 1.17. The number of hydrazone groups is 1. The van der Waals surface area contributed by atoms with Gasteiger partial charge in [0, 0.05) is 0 Å². The van der Waals surface area contributed by atoms with Gasteiger partial charge >= 0.3 is 0 Å². The maximum Gasteiger partial charge on any atom is 0.250 e. The summed E-state index contributed by atoms with van der Waals surface area (Å²) in [6, 6.07) is 26.2. The predicted octanol–water partition coefficient (Wildman–Crippen LogP) is 7.80. The molecule has 0 fully saturated rings. The molecular weight excluding hydrogens is 622 g/mol. The van der Waals surface area contributed by atoms with E-state index in [9.17, 15) is 4.79 Å². The zero-order chi connectivity index (χ0) is 24.9. The number of thioether (sulfide) groups is 1.